The molecule has 3 N–H and O–H groups in total. The summed E-state index contributed by atoms with van der Waals surface area (Å²) in [6.07, 6.45) is 1.66. The third kappa shape index (κ3) is 2.84. The van der Waals surface area contributed by atoms with E-state index < -0.39 is 16.7 Å². The van der Waals surface area contributed by atoms with Crippen LogP contribution < -0.4 is 9.64 Å². The number of rotatable bonds is 3. The minimum absolute atomic E-state index is 0.117. The van der Waals surface area contributed by atoms with Crippen molar-refractivity contribution in [1.82, 2.24) is 0 Å². The van der Waals surface area contributed by atoms with Gasteiger partial charge in [-0.1, -0.05) is 16.8 Å². The molecule has 2 aromatic rings. The van der Waals surface area contributed by atoms with Gasteiger partial charge in [-0.2, -0.15) is 0 Å². The van der Waals surface area contributed by atoms with Crippen molar-refractivity contribution in [3.8, 4) is 11.5 Å². The Morgan fingerprint density at radius 2 is 1.96 bits per heavy atom. The minimum atomic E-state index is -3.26. The lowest BCUT2D eigenvalue weighted by Crippen LogP contribution is -2.29. The first-order valence-corrected chi connectivity index (χ1v) is 9.24. The second-order valence-corrected chi connectivity index (χ2v) is 7.51. The van der Waals surface area contributed by atoms with Gasteiger partial charge in [-0.05, 0) is 36.8 Å². The summed E-state index contributed by atoms with van der Waals surface area (Å²) in [6, 6.07) is 11.2. The summed E-state index contributed by atoms with van der Waals surface area (Å²) in [7, 11) is -3.26. The molecule has 130 valence electrons. The lowest BCUT2D eigenvalue weighted by molar-refractivity contribution is 0.0696. The number of anilines is 1. The molecule has 0 bridgehead atoms. The maximum absolute atomic E-state index is 11.0. The van der Waals surface area contributed by atoms with Crippen molar-refractivity contribution in [1.29, 1.82) is 0 Å². The Kier molecular flexibility index (Phi) is 3.68. The lowest BCUT2D eigenvalue weighted by Gasteiger charge is -2.37. The zero-order valence-corrected chi connectivity index (χ0v) is 13.9. The number of aromatic carboxylic acids is 1. The lowest BCUT2D eigenvalue weighted by atomic mass is 10.2. The molecule has 0 saturated carbocycles. The van der Waals surface area contributed by atoms with Crippen molar-refractivity contribution >= 4 is 28.3 Å². The molecule has 1 fully saturated rings. The number of fused-ring (bicyclic) bond motifs is 3. The predicted octanol–water partition coefficient (Wildman–Crippen LogP) is 4.21. The number of hydrogen-bond acceptors (Lipinski definition) is 6. The van der Waals surface area contributed by atoms with Crippen LogP contribution in [0.5, 0.6) is 11.5 Å². The Labute approximate surface area is 145 Å². The maximum atomic E-state index is 11.0. The van der Waals surface area contributed by atoms with Gasteiger partial charge in [0.05, 0.1) is 11.3 Å². The average Bonchev–Trinajstić information content (AvgIpc) is 3.02. The zero-order chi connectivity index (χ0) is 17.6. The Hall–Kier alpha value is -2.55. The molecule has 4 rings (SSSR count). The van der Waals surface area contributed by atoms with E-state index in [0.29, 0.717) is 22.2 Å². The van der Waals surface area contributed by atoms with E-state index in [0.717, 1.165) is 25.1 Å². The zero-order valence-electron chi connectivity index (χ0n) is 13.1. The SMILES string of the molecule is O=C(O)c1cccc(Oc2ccc3c(c2)S(O)(O)N=C2CCCN23)c1. The Morgan fingerprint density at radius 1 is 1.16 bits per heavy atom. The molecule has 1 saturated heterocycles. The van der Waals surface area contributed by atoms with Gasteiger partial charge < -0.3 is 14.7 Å². The van der Waals surface area contributed by atoms with Gasteiger partial charge >= 0.3 is 5.97 Å². The molecule has 7 nitrogen and oxygen atoms in total. The van der Waals surface area contributed by atoms with Gasteiger partial charge in [0.25, 0.3) is 0 Å². The molecule has 2 heterocycles. The van der Waals surface area contributed by atoms with E-state index in [1.807, 2.05) is 4.90 Å². The second kappa shape index (κ2) is 5.76. The van der Waals surface area contributed by atoms with Crippen LogP contribution >= 0.6 is 10.8 Å². The Morgan fingerprint density at radius 3 is 2.76 bits per heavy atom. The third-order valence-electron chi connectivity index (χ3n) is 4.16. The number of nitrogens with zero attached hydrogens (tertiary/aromatic N) is 2. The Bertz CT molecular complexity index is 896. The normalized spacial score (nSPS) is 18.8. The highest BCUT2D eigenvalue weighted by atomic mass is 32.3. The molecular formula is C17H16N2O5S. The Balaban J connectivity index is 1.69. The molecule has 8 heteroatoms. The van der Waals surface area contributed by atoms with Crippen LogP contribution in [0.15, 0.2) is 51.8 Å². The van der Waals surface area contributed by atoms with Crippen molar-refractivity contribution in [2.75, 3.05) is 11.4 Å². The van der Waals surface area contributed by atoms with E-state index in [1.165, 1.54) is 12.1 Å². The molecule has 2 aliphatic heterocycles. The topological polar surface area (TPSA) is 103 Å². The van der Waals surface area contributed by atoms with Crippen molar-refractivity contribution in [3.05, 3.63) is 48.0 Å². The van der Waals surface area contributed by atoms with Gasteiger partial charge in [0, 0.05) is 19.0 Å². The third-order valence-corrected chi connectivity index (χ3v) is 5.54. The summed E-state index contributed by atoms with van der Waals surface area (Å²) in [5, 5.41) is 9.05. The highest BCUT2D eigenvalue weighted by Gasteiger charge is 2.34. The summed E-state index contributed by atoms with van der Waals surface area (Å²) in [6.45, 7) is 0.794. The summed E-state index contributed by atoms with van der Waals surface area (Å²) in [5.41, 5.74) is 0.847. The first-order chi connectivity index (χ1) is 11.9. The molecule has 0 unspecified atom stereocenters. The first-order valence-electron chi connectivity index (χ1n) is 7.74. The molecule has 2 aromatic carbocycles. The van der Waals surface area contributed by atoms with Crippen LogP contribution in [0.3, 0.4) is 0 Å². The number of carboxylic acids is 1. The van der Waals surface area contributed by atoms with E-state index in [4.69, 9.17) is 9.84 Å². The fraction of sp³-hybridized carbons (Fsp3) is 0.176. The van der Waals surface area contributed by atoms with Crippen molar-refractivity contribution in [3.63, 3.8) is 0 Å². The van der Waals surface area contributed by atoms with Crippen molar-refractivity contribution in [2.24, 2.45) is 4.40 Å². The number of carbonyl (C=O) groups is 1. The highest BCUT2D eigenvalue weighted by molar-refractivity contribution is 8.23. The van der Waals surface area contributed by atoms with Crippen LogP contribution in [0.1, 0.15) is 23.2 Å². The van der Waals surface area contributed by atoms with Crippen LogP contribution in [0.2, 0.25) is 0 Å². The van der Waals surface area contributed by atoms with Gasteiger partial charge in [0.15, 0.2) is 0 Å². The summed E-state index contributed by atoms with van der Waals surface area (Å²) >= 11 is 0. The van der Waals surface area contributed by atoms with Gasteiger partial charge in [0.2, 0.25) is 0 Å². The van der Waals surface area contributed by atoms with Crippen LogP contribution in [0.4, 0.5) is 5.69 Å². The van der Waals surface area contributed by atoms with Crippen LogP contribution in [-0.2, 0) is 0 Å². The summed E-state index contributed by atoms with van der Waals surface area (Å²) < 4.78 is 30.6. The average molecular weight is 360 g/mol. The number of carboxylic acid groups (broad SMARTS) is 1. The molecule has 0 radical (unpaired) electrons. The van der Waals surface area contributed by atoms with E-state index >= 15 is 0 Å². The number of hydrogen-bond donors (Lipinski definition) is 3. The van der Waals surface area contributed by atoms with Crippen LogP contribution in [-0.4, -0.2) is 32.6 Å². The van der Waals surface area contributed by atoms with E-state index in [-0.39, 0.29) is 5.56 Å². The first kappa shape index (κ1) is 15.9. The van der Waals surface area contributed by atoms with E-state index in [1.54, 1.807) is 30.3 Å². The highest BCUT2D eigenvalue weighted by Crippen LogP contribution is 2.58. The second-order valence-electron chi connectivity index (χ2n) is 5.85. The standard InChI is InChI=1S/C17H16N2O5S/c20-17(21)11-3-1-4-12(9-11)24-13-6-7-14-15(10-13)25(22,23)18-16-5-2-8-19(14)16/h1,3-4,6-7,9-10,22-23H,2,5,8H2,(H,20,21). The largest absolute Gasteiger partial charge is 0.478 e. The van der Waals surface area contributed by atoms with Crippen molar-refractivity contribution in [2.45, 2.75) is 17.7 Å². The smallest absolute Gasteiger partial charge is 0.335 e. The number of benzene rings is 2. The fourth-order valence-electron chi connectivity index (χ4n) is 3.04. The van der Waals surface area contributed by atoms with Gasteiger partial charge in [0.1, 0.15) is 22.2 Å². The number of ether oxygens (including phenoxy) is 1. The fourth-order valence-corrected chi connectivity index (χ4v) is 4.35. The number of amidine groups is 1. The molecule has 0 atom stereocenters. The molecule has 2 aliphatic rings. The predicted molar refractivity (Wildman–Crippen MR) is 95.0 cm³/mol. The molecule has 0 amide bonds. The molecule has 25 heavy (non-hydrogen) atoms. The molecular weight excluding hydrogens is 344 g/mol. The molecule has 0 aliphatic carbocycles. The summed E-state index contributed by atoms with van der Waals surface area (Å²) in [4.78, 5) is 13.4. The minimum Gasteiger partial charge on any atom is -0.478 e. The quantitative estimate of drug-likeness (QED) is 0.757. The van der Waals surface area contributed by atoms with Gasteiger partial charge in [-0.15, -0.1) is 4.40 Å². The van der Waals surface area contributed by atoms with Crippen LogP contribution in [0.25, 0.3) is 0 Å². The van der Waals surface area contributed by atoms with Crippen LogP contribution in [0, 0.1) is 0 Å². The van der Waals surface area contributed by atoms with Gasteiger partial charge in [-0.3, -0.25) is 9.11 Å². The van der Waals surface area contributed by atoms with Crippen molar-refractivity contribution < 1.29 is 23.7 Å². The van der Waals surface area contributed by atoms with E-state index in [9.17, 15) is 13.9 Å². The maximum Gasteiger partial charge on any atom is 0.335 e. The molecule has 0 spiro atoms. The van der Waals surface area contributed by atoms with Gasteiger partial charge in [-0.25, -0.2) is 4.79 Å². The monoisotopic (exact) mass is 360 g/mol. The summed E-state index contributed by atoms with van der Waals surface area (Å²) in [5.74, 6) is 0.410. The van der Waals surface area contributed by atoms with E-state index in [2.05, 4.69) is 4.40 Å². The molecule has 0 aromatic heterocycles.